The van der Waals surface area contributed by atoms with Crippen LogP contribution in [0.3, 0.4) is 0 Å². The number of aromatic nitrogens is 1. The van der Waals surface area contributed by atoms with E-state index in [1.165, 1.54) is 0 Å². The number of nitrogens with two attached hydrogens (primary N) is 1. The zero-order chi connectivity index (χ0) is 9.68. The fourth-order valence-corrected chi connectivity index (χ4v) is 0.946. The van der Waals surface area contributed by atoms with Crippen molar-refractivity contribution >= 4 is 5.91 Å². The molecule has 4 nitrogen and oxygen atoms in total. The Morgan fingerprint density at radius 2 is 2.38 bits per heavy atom. The van der Waals surface area contributed by atoms with Gasteiger partial charge in [-0.25, -0.2) is 0 Å². The third-order valence-electron chi connectivity index (χ3n) is 1.52. The molecule has 2 N–H and O–H groups in total. The number of primary amides is 1. The predicted molar refractivity (Wildman–Crippen MR) is 46.5 cm³/mol. The molecule has 0 saturated heterocycles. The van der Waals surface area contributed by atoms with Crippen LogP contribution in [0.5, 0.6) is 0 Å². The molecule has 0 atom stereocenters. The summed E-state index contributed by atoms with van der Waals surface area (Å²) in [6.07, 6.45) is 2.05. The minimum atomic E-state index is -0.380. The van der Waals surface area contributed by atoms with Gasteiger partial charge in [0.15, 0.2) is 0 Å². The van der Waals surface area contributed by atoms with Crippen molar-refractivity contribution in [1.82, 2.24) is 4.98 Å². The largest absolute Gasteiger partial charge is 0.369 e. The molecule has 4 heteroatoms. The second-order valence-corrected chi connectivity index (χ2v) is 2.64. The Hall–Kier alpha value is -1.89. The van der Waals surface area contributed by atoms with Crippen LogP contribution in [0.1, 0.15) is 11.3 Å². The monoisotopic (exact) mass is 175 g/mol. The van der Waals surface area contributed by atoms with Crippen molar-refractivity contribution in [3.63, 3.8) is 0 Å². The molecule has 1 amide bonds. The Morgan fingerprint density at radius 3 is 2.85 bits per heavy atom. The van der Waals surface area contributed by atoms with Crippen LogP contribution in [0, 0.1) is 11.3 Å². The quantitative estimate of drug-likeness (QED) is 0.711. The molecule has 0 bridgehead atoms. The summed E-state index contributed by atoms with van der Waals surface area (Å²) in [4.78, 5) is 14.5. The van der Waals surface area contributed by atoms with Crippen LogP contribution >= 0.6 is 0 Å². The van der Waals surface area contributed by atoms with Crippen LogP contribution in [0.2, 0.25) is 0 Å². The van der Waals surface area contributed by atoms with Crippen molar-refractivity contribution < 1.29 is 4.79 Å². The molecule has 0 saturated carbocycles. The van der Waals surface area contributed by atoms with Gasteiger partial charge < -0.3 is 5.73 Å². The maximum Gasteiger partial charge on any atom is 0.221 e. The zero-order valence-electron chi connectivity index (χ0n) is 7.03. The lowest BCUT2D eigenvalue weighted by molar-refractivity contribution is -0.117. The Kier molecular flexibility index (Phi) is 2.98. The van der Waals surface area contributed by atoms with Crippen LogP contribution in [-0.4, -0.2) is 10.9 Å². The molecule has 0 unspecified atom stereocenters. The molecule has 0 aliphatic carbocycles. The number of rotatable bonds is 3. The molecule has 1 heterocycles. The summed E-state index contributed by atoms with van der Waals surface area (Å²) in [5.74, 6) is -0.380. The molecule has 0 fully saturated rings. The molecule has 13 heavy (non-hydrogen) atoms. The summed E-state index contributed by atoms with van der Waals surface area (Å²) >= 11 is 0. The average Bonchev–Trinajstić information content (AvgIpc) is 2.08. The number of amides is 1. The van der Waals surface area contributed by atoms with Crippen LogP contribution in [0.25, 0.3) is 0 Å². The topological polar surface area (TPSA) is 79.8 Å². The number of hydrogen-bond donors (Lipinski definition) is 1. The highest BCUT2D eigenvalue weighted by Crippen LogP contribution is 2.01. The van der Waals surface area contributed by atoms with Gasteiger partial charge in [0.05, 0.1) is 24.6 Å². The maximum absolute atomic E-state index is 10.5. The number of carbonyl (C=O) groups excluding carboxylic acids is 1. The molecule has 0 aliphatic heterocycles. The van der Waals surface area contributed by atoms with Gasteiger partial charge in [-0.05, 0) is 11.6 Å². The number of nitriles is 1. The van der Waals surface area contributed by atoms with E-state index in [4.69, 9.17) is 11.0 Å². The minimum Gasteiger partial charge on any atom is -0.369 e. The highest BCUT2D eigenvalue weighted by atomic mass is 16.1. The van der Waals surface area contributed by atoms with Gasteiger partial charge in [0, 0.05) is 6.20 Å². The van der Waals surface area contributed by atoms with Gasteiger partial charge in [-0.3, -0.25) is 9.78 Å². The lowest BCUT2D eigenvalue weighted by atomic mass is 10.2. The third-order valence-corrected chi connectivity index (χ3v) is 1.52. The van der Waals surface area contributed by atoms with Crippen LogP contribution < -0.4 is 5.73 Å². The first kappa shape index (κ1) is 9.20. The van der Waals surface area contributed by atoms with Crippen molar-refractivity contribution in [3.05, 3.63) is 29.6 Å². The van der Waals surface area contributed by atoms with Crippen LogP contribution in [-0.2, 0) is 17.6 Å². The van der Waals surface area contributed by atoms with Gasteiger partial charge in [0.1, 0.15) is 0 Å². The van der Waals surface area contributed by atoms with E-state index < -0.39 is 0 Å². The van der Waals surface area contributed by atoms with Crippen molar-refractivity contribution in [2.45, 2.75) is 12.8 Å². The smallest absolute Gasteiger partial charge is 0.221 e. The minimum absolute atomic E-state index is 0.194. The molecule has 1 aromatic rings. The molecule has 1 rings (SSSR count). The fourth-order valence-electron chi connectivity index (χ4n) is 0.946. The molecule has 0 spiro atoms. The first-order valence-electron chi connectivity index (χ1n) is 3.81. The van der Waals surface area contributed by atoms with E-state index in [9.17, 15) is 4.79 Å². The molecule has 0 radical (unpaired) electrons. The second kappa shape index (κ2) is 4.21. The van der Waals surface area contributed by atoms with Gasteiger partial charge in [-0.2, -0.15) is 5.26 Å². The summed E-state index contributed by atoms with van der Waals surface area (Å²) in [5, 5.41) is 8.37. The fraction of sp³-hybridized carbons (Fsp3) is 0.222. The highest BCUT2D eigenvalue weighted by molar-refractivity contribution is 5.76. The lowest BCUT2D eigenvalue weighted by Gasteiger charge is -1.97. The van der Waals surface area contributed by atoms with Gasteiger partial charge in [-0.1, -0.05) is 6.07 Å². The summed E-state index contributed by atoms with van der Waals surface area (Å²) in [5.41, 5.74) is 6.48. The van der Waals surface area contributed by atoms with Crippen LogP contribution in [0.4, 0.5) is 0 Å². The number of hydrogen-bond acceptors (Lipinski definition) is 3. The number of carbonyl (C=O) groups is 1. The van der Waals surface area contributed by atoms with Crippen LogP contribution in [0.15, 0.2) is 18.3 Å². The van der Waals surface area contributed by atoms with Crippen molar-refractivity contribution in [3.8, 4) is 6.07 Å². The van der Waals surface area contributed by atoms with E-state index in [0.29, 0.717) is 5.69 Å². The number of nitrogens with zero attached hydrogens (tertiary/aromatic N) is 2. The molecule has 66 valence electrons. The summed E-state index contributed by atoms with van der Waals surface area (Å²) in [6.45, 7) is 0. The Balaban J connectivity index is 2.70. The molecular weight excluding hydrogens is 166 g/mol. The molecule has 0 aliphatic rings. The van der Waals surface area contributed by atoms with Gasteiger partial charge >= 0.3 is 0 Å². The van der Waals surface area contributed by atoms with Crippen molar-refractivity contribution in [1.29, 1.82) is 5.26 Å². The average molecular weight is 175 g/mol. The van der Waals surface area contributed by atoms with E-state index in [1.54, 1.807) is 18.3 Å². The van der Waals surface area contributed by atoms with Crippen molar-refractivity contribution in [2.24, 2.45) is 5.73 Å². The van der Waals surface area contributed by atoms with Gasteiger partial charge in [0.25, 0.3) is 0 Å². The van der Waals surface area contributed by atoms with Crippen molar-refractivity contribution in [2.75, 3.05) is 0 Å². The van der Waals surface area contributed by atoms with E-state index >= 15 is 0 Å². The zero-order valence-corrected chi connectivity index (χ0v) is 7.03. The molecule has 1 aromatic heterocycles. The first-order chi connectivity index (χ1) is 6.22. The summed E-state index contributed by atoms with van der Waals surface area (Å²) in [6, 6.07) is 5.47. The van der Waals surface area contributed by atoms with E-state index in [0.717, 1.165) is 5.56 Å². The van der Waals surface area contributed by atoms with E-state index in [2.05, 4.69) is 4.98 Å². The summed E-state index contributed by atoms with van der Waals surface area (Å²) in [7, 11) is 0. The maximum atomic E-state index is 10.5. The standard InChI is InChI=1S/C9H9N3O/c10-4-3-8-2-1-7(6-12-8)5-9(11)13/h1-2,6H,3,5H2,(H2,11,13). The third kappa shape index (κ3) is 2.91. The Labute approximate surface area is 76.0 Å². The molecule has 0 aromatic carbocycles. The second-order valence-electron chi connectivity index (χ2n) is 2.64. The highest BCUT2D eigenvalue weighted by Gasteiger charge is 1.98. The van der Waals surface area contributed by atoms with E-state index in [1.807, 2.05) is 6.07 Å². The Bertz CT molecular complexity index is 337. The van der Waals surface area contributed by atoms with Gasteiger partial charge in [0.2, 0.25) is 5.91 Å². The summed E-state index contributed by atoms with van der Waals surface area (Å²) < 4.78 is 0. The van der Waals surface area contributed by atoms with Gasteiger partial charge in [-0.15, -0.1) is 0 Å². The van der Waals surface area contributed by atoms with E-state index in [-0.39, 0.29) is 18.7 Å². The first-order valence-corrected chi connectivity index (χ1v) is 3.81. The Morgan fingerprint density at radius 1 is 1.62 bits per heavy atom. The number of pyridine rings is 1. The molecular formula is C9H9N3O. The normalized spacial score (nSPS) is 9.15. The predicted octanol–water partition coefficient (Wildman–Crippen LogP) is 0.175. The SMILES string of the molecule is N#CCc1ccc(CC(N)=O)cn1. The lowest BCUT2D eigenvalue weighted by Crippen LogP contribution is -2.13.